The van der Waals surface area contributed by atoms with Crippen LogP contribution in [0.15, 0.2) is 30.5 Å². The molecule has 18 heavy (non-hydrogen) atoms. The number of nitrogens with zero attached hydrogens (tertiary/aromatic N) is 2. The third kappa shape index (κ3) is 2.92. The molecule has 1 N–H and O–H groups in total. The first-order valence-corrected chi connectivity index (χ1v) is 5.70. The molecule has 1 atom stereocenters. The lowest BCUT2D eigenvalue weighted by molar-refractivity contribution is 0.548. The lowest BCUT2D eigenvalue weighted by atomic mass is 10.0. The average molecular weight is 251 g/mol. The van der Waals surface area contributed by atoms with Crippen LogP contribution < -0.4 is 5.32 Å². The summed E-state index contributed by atoms with van der Waals surface area (Å²) in [6.07, 6.45) is 2.33. The normalized spacial score (nSPS) is 12.7. The van der Waals surface area contributed by atoms with Gasteiger partial charge in [-0.3, -0.25) is 4.68 Å². The maximum atomic E-state index is 13.1. The molecule has 1 heterocycles. The van der Waals surface area contributed by atoms with E-state index in [0.717, 1.165) is 11.8 Å². The molecular formula is C13H15F2N3. The standard InChI is InChI=1S/C13H15F2N3/c1-16-13(12-3-4-18(2)17-12)7-9-5-10(14)8-11(15)6-9/h3-6,8,13,16H,7H2,1-2H3. The van der Waals surface area contributed by atoms with E-state index in [0.29, 0.717) is 12.0 Å². The second kappa shape index (κ2) is 5.27. The van der Waals surface area contributed by atoms with Crippen molar-refractivity contribution in [1.29, 1.82) is 0 Å². The maximum Gasteiger partial charge on any atom is 0.126 e. The molecule has 0 radical (unpaired) electrons. The highest BCUT2D eigenvalue weighted by molar-refractivity contribution is 5.21. The van der Waals surface area contributed by atoms with Crippen molar-refractivity contribution in [3.05, 3.63) is 53.4 Å². The Bertz CT molecular complexity index is 517. The van der Waals surface area contributed by atoms with Crippen LogP contribution in [0.5, 0.6) is 0 Å². The van der Waals surface area contributed by atoms with E-state index in [9.17, 15) is 8.78 Å². The molecule has 1 aromatic heterocycles. The Morgan fingerprint density at radius 2 is 1.94 bits per heavy atom. The highest BCUT2D eigenvalue weighted by atomic mass is 19.1. The van der Waals surface area contributed by atoms with Gasteiger partial charge in [-0.25, -0.2) is 8.78 Å². The van der Waals surface area contributed by atoms with Crippen molar-refractivity contribution in [2.45, 2.75) is 12.5 Å². The summed E-state index contributed by atoms with van der Waals surface area (Å²) in [6.45, 7) is 0. The predicted molar refractivity (Wildman–Crippen MR) is 65.1 cm³/mol. The number of hydrogen-bond donors (Lipinski definition) is 1. The number of nitrogens with one attached hydrogen (secondary N) is 1. The number of rotatable bonds is 4. The number of hydrogen-bond acceptors (Lipinski definition) is 2. The monoisotopic (exact) mass is 251 g/mol. The largest absolute Gasteiger partial charge is 0.311 e. The fraction of sp³-hybridized carbons (Fsp3) is 0.308. The van der Waals surface area contributed by atoms with Crippen LogP contribution in [0.3, 0.4) is 0 Å². The van der Waals surface area contributed by atoms with Crippen LogP contribution >= 0.6 is 0 Å². The molecule has 0 saturated heterocycles. The van der Waals surface area contributed by atoms with E-state index in [1.54, 1.807) is 11.7 Å². The van der Waals surface area contributed by atoms with Crippen molar-refractivity contribution in [1.82, 2.24) is 15.1 Å². The number of likely N-dealkylation sites (N-methyl/N-ethyl adjacent to an activating group) is 1. The van der Waals surface area contributed by atoms with Crippen molar-refractivity contribution >= 4 is 0 Å². The summed E-state index contributed by atoms with van der Waals surface area (Å²) in [6, 6.07) is 5.38. The number of aromatic nitrogens is 2. The molecule has 0 bridgehead atoms. The Hall–Kier alpha value is -1.75. The minimum atomic E-state index is -0.555. The van der Waals surface area contributed by atoms with E-state index in [2.05, 4.69) is 10.4 Å². The van der Waals surface area contributed by atoms with Gasteiger partial charge in [0, 0.05) is 19.3 Å². The topological polar surface area (TPSA) is 29.9 Å². The van der Waals surface area contributed by atoms with Gasteiger partial charge in [0.25, 0.3) is 0 Å². The summed E-state index contributed by atoms with van der Waals surface area (Å²) in [5.41, 5.74) is 1.46. The molecule has 0 spiro atoms. The van der Waals surface area contributed by atoms with Gasteiger partial charge in [-0.15, -0.1) is 0 Å². The SMILES string of the molecule is CNC(Cc1cc(F)cc(F)c1)c1ccn(C)n1. The molecule has 0 aliphatic rings. The zero-order chi connectivity index (χ0) is 13.1. The fourth-order valence-electron chi connectivity index (χ4n) is 1.94. The molecule has 2 aromatic rings. The summed E-state index contributed by atoms with van der Waals surface area (Å²) in [5, 5.41) is 7.39. The summed E-state index contributed by atoms with van der Waals surface area (Å²) in [5.74, 6) is -1.11. The van der Waals surface area contributed by atoms with E-state index in [-0.39, 0.29) is 6.04 Å². The Kier molecular flexibility index (Phi) is 3.72. The van der Waals surface area contributed by atoms with Gasteiger partial charge in [0.1, 0.15) is 11.6 Å². The van der Waals surface area contributed by atoms with Gasteiger partial charge in [-0.1, -0.05) is 0 Å². The van der Waals surface area contributed by atoms with Crippen LogP contribution in [-0.2, 0) is 13.5 Å². The molecule has 96 valence electrons. The van der Waals surface area contributed by atoms with Crippen LogP contribution in [0, 0.1) is 11.6 Å². The van der Waals surface area contributed by atoms with Crippen molar-refractivity contribution in [3.8, 4) is 0 Å². The van der Waals surface area contributed by atoms with Gasteiger partial charge in [0.05, 0.1) is 11.7 Å². The zero-order valence-corrected chi connectivity index (χ0v) is 10.3. The maximum absolute atomic E-state index is 13.1. The van der Waals surface area contributed by atoms with Crippen LogP contribution in [0.1, 0.15) is 17.3 Å². The van der Waals surface area contributed by atoms with Crippen LogP contribution in [0.25, 0.3) is 0 Å². The number of aryl methyl sites for hydroxylation is 1. The van der Waals surface area contributed by atoms with Gasteiger partial charge in [0.2, 0.25) is 0 Å². The minimum Gasteiger partial charge on any atom is -0.311 e. The van der Waals surface area contributed by atoms with Gasteiger partial charge in [-0.2, -0.15) is 5.10 Å². The Morgan fingerprint density at radius 1 is 1.28 bits per heavy atom. The first-order valence-electron chi connectivity index (χ1n) is 5.70. The lowest BCUT2D eigenvalue weighted by Gasteiger charge is -2.14. The summed E-state index contributed by atoms with van der Waals surface area (Å²) in [7, 11) is 3.63. The summed E-state index contributed by atoms with van der Waals surface area (Å²) < 4.78 is 27.9. The van der Waals surface area contributed by atoms with Gasteiger partial charge < -0.3 is 5.32 Å². The van der Waals surface area contributed by atoms with Crippen LogP contribution in [0.2, 0.25) is 0 Å². The second-order valence-electron chi connectivity index (χ2n) is 4.24. The summed E-state index contributed by atoms with van der Waals surface area (Å²) >= 11 is 0. The molecule has 3 nitrogen and oxygen atoms in total. The smallest absolute Gasteiger partial charge is 0.126 e. The van der Waals surface area contributed by atoms with Crippen molar-refractivity contribution in [2.24, 2.45) is 7.05 Å². The Balaban J connectivity index is 2.20. The van der Waals surface area contributed by atoms with Crippen molar-refractivity contribution in [3.63, 3.8) is 0 Å². The first kappa shape index (κ1) is 12.7. The Labute approximate surface area is 104 Å². The zero-order valence-electron chi connectivity index (χ0n) is 10.3. The molecular weight excluding hydrogens is 236 g/mol. The highest BCUT2D eigenvalue weighted by Gasteiger charge is 2.13. The van der Waals surface area contributed by atoms with Gasteiger partial charge in [0.15, 0.2) is 0 Å². The molecule has 0 saturated carbocycles. The Morgan fingerprint density at radius 3 is 2.44 bits per heavy atom. The third-order valence-electron chi connectivity index (χ3n) is 2.80. The minimum absolute atomic E-state index is 0.0626. The van der Waals surface area contributed by atoms with E-state index < -0.39 is 11.6 Å². The highest BCUT2D eigenvalue weighted by Crippen LogP contribution is 2.18. The molecule has 1 unspecified atom stereocenters. The molecule has 1 aromatic carbocycles. The summed E-state index contributed by atoms with van der Waals surface area (Å²) in [4.78, 5) is 0. The molecule has 0 amide bonds. The van der Waals surface area contributed by atoms with E-state index >= 15 is 0 Å². The van der Waals surface area contributed by atoms with E-state index in [4.69, 9.17) is 0 Å². The van der Waals surface area contributed by atoms with E-state index in [1.807, 2.05) is 19.3 Å². The van der Waals surface area contributed by atoms with Crippen molar-refractivity contribution in [2.75, 3.05) is 7.05 Å². The number of benzene rings is 1. The van der Waals surface area contributed by atoms with Gasteiger partial charge >= 0.3 is 0 Å². The fourth-order valence-corrected chi connectivity index (χ4v) is 1.94. The molecule has 5 heteroatoms. The molecule has 2 rings (SSSR count). The van der Waals surface area contributed by atoms with Crippen LogP contribution in [0.4, 0.5) is 8.78 Å². The third-order valence-corrected chi connectivity index (χ3v) is 2.80. The van der Waals surface area contributed by atoms with Crippen LogP contribution in [-0.4, -0.2) is 16.8 Å². The van der Waals surface area contributed by atoms with Gasteiger partial charge in [-0.05, 0) is 37.2 Å². The molecule has 0 fully saturated rings. The molecule has 0 aliphatic carbocycles. The van der Waals surface area contributed by atoms with Crippen molar-refractivity contribution < 1.29 is 8.78 Å². The second-order valence-corrected chi connectivity index (χ2v) is 4.24. The number of halogens is 2. The molecule has 0 aliphatic heterocycles. The first-order chi connectivity index (χ1) is 8.58. The predicted octanol–water partition coefficient (Wildman–Crippen LogP) is 2.20. The average Bonchev–Trinajstić information content (AvgIpc) is 2.71. The lowest BCUT2D eigenvalue weighted by Crippen LogP contribution is -2.19. The quantitative estimate of drug-likeness (QED) is 0.902. The van der Waals surface area contributed by atoms with E-state index in [1.165, 1.54) is 12.1 Å².